The molecular formula is C28H19F3N4O5. The first-order valence-corrected chi connectivity index (χ1v) is 12.2. The van der Waals surface area contributed by atoms with Crippen LogP contribution in [-0.4, -0.2) is 33.6 Å². The van der Waals surface area contributed by atoms with Crippen molar-refractivity contribution in [2.45, 2.75) is 18.3 Å². The van der Waals surface area contributed by atoms with Crippen LogP contribution < -0.4 is 10.2 Å². The maximum atomic E-state index is 13.9. The van der Waals surface area contributed by atoms with Gasteiger partial charge in [-0.15, -0.1) is 0 Å². The lowest BCUT2D eigenvalue weighted by Crippen LogP contribution is -2.46. The van der Waals surface area contributed by atoms with Crippen LogP contribution in [0.4, 0.5) is 30.2 Å². The van der Waals surface area contributed by atoms with Gasteiger partial charge in [0.05, 0.1) is 34.1 Å². The number of fused-ring (bicyclic) bond motifs is 5. The monoisotopic (exact) mass is 548 g/mol. The fourth-order valence-corrected chi connectivity index (χ4v) is 5.85. The van der Waals surface area contributed by atoms with Crippen LogP contribution in [0.15, 0.2) is 79.0 Å². The summed E-state index contributed by atoms with van der Waals surface area (Å²) in [7, 11) is 0. The maximum absolute atomic E-state index is 13.9. The summed E-state index contributed by atoms with van der Waals surface area (Å²) in [5.41, 5.74) is 0.104. The second kappa shape index (κ2) is 9.04. The highest BCUT2D eigenvalue weighted by Crippen LogP contribution is 2.53. The molecule has 3 aromatic carbocycles. The number of alkyl halides is 3. The standard InChI is InChI=1S/C28H19F3N4O5/c29-28(30,31)16-6-3-7-17(13-16)32-25(36)24-22-21(23-20-10-2-1-5-15(20)11-12-33(23)24)26(37)34(27(22)38)18-8-4-9-19(14-18)35(39)40/h1-14,21-24H,(H,32,36)/t21-,22+,23+,24-/m0/s1. The predicted octanol–water partition coefficient (Wildman–Crippen LogP) is 4.77. The summed E-state index contributed by atoms with van der Waals surface area (Å²) in [6.07, 6.45) is -1.28. The first-order valence-electron chi connectivity index (χ1n) is 12.2. The molecule has 1 N–H and O–H groups in total. The molecule has 0 unspecified atom stereocenters. The molecule has 0 aromatic heterocycles. The van der Waals surface area contributed by atoms with E-state index in [1.165, 1.54) is 24.3 Å². The predicted molar refractivity (Wildman–Crippen MR) is 136 cm³/mol. The molecule has 12 heteroatoms. The van der Waals surface area contributed by atoms with Gasteiger partial charge >= 0.3 is 6.18 Å². The zero-order valence-corrected chi connectivity index (χ0v) is 20.4. The van der Waals surface area contributed by atoms with E-state index in [0.717, 1.165) is 34.7 Å². The largest absolute Gasteiger partial charge is 0.416 e. The van der Waals surface area contributed by atoms with Crippen molar-refractivity contribution in [2.75, 3.05) is 10.2 Å². The molecular weight excluding hydrogens is 529 g/mol. The number of halogens is 3. The van der Waals surface area contributed by atoms with E-state index in [1.807, 2.05) is 6.07 Å². The zero-order chi connectivity index (χ0) is 28.3. The zero-order valence-electron chi connectivity index (χ0n) is 20.4. The van der Waals surface area contributed by atoms with Gasteiger partial charge in [0.15, 0.2) is 0 Å². The van der Waals surface area contributed by atoms with E-state index in [9.17, 15) is 37.7 Å². The van der Waals surface area contributed by atoms with Crippen LogP contribution in [0.25, 0.3) is 6.08 Å². The lowest BCUT2D eigenvalue weighted by molar-refractivity contribution is -0.384. The molecule has 3 aliphatic rings. The quantitative estimate of drug-likeness (QED) is 0.286. The van der Waals surface area contributed by atoms with Crippen molar-refractivity contribution in [3.8, 4) is 0 Å². The van der Waals surface area contributed by atoms with Gasteiger partial charge in [-0.3, -0.25) is 24.5 Å². The maximum Gasteiger partial charge on any atom is 0.416 e. The van der Waals surface area contributed by atoms with Crippen LogP contribution in [0.5, 0.6) is 0 Å². The number of imide groups is 1. The normalized spacial score (nSPS) is 23.1. The summed E-state index contributed by atoms with van der Waals surface area (Å²) in [5, 5.41) is 13.8. The average Bonchev–Trinajstić information content (AvgIpc) is 3.40. The Balaban J connectivity index is 1.42. The lowest BCUT2D eigenvalue weighted by Gasteiger charge is -2.35. The smallest absolute Gasteiger partial charge is 0.357 e. The number of nitro benzene ring substituents is 1. The van der Waals surface area contributed by atoms with Crippen LogP contribution >= 0.6 is 0 Å². The Kier molecular flexibility index (Phi) is 5.71. The van der Waals surface area contributed by atoms with Gasteiger partial charge in [0.25, 0.3) is 5.69 Å². The second-order valence-electron chi connectivity index (χ2n) is 9.69. The van der Waals surface area contributed by atoms with Crippen molar-refractivity contribution < 1.29 is 32.5 Å². The number of hydrogen-bond acceptors (Lipinski definition) is 6. The number of nitrogens with one attached hydrogen (secondary N) is 1. The summed E-state index contributed by atoms with van der Waals surface area (Å²) in [5.74, 6) is -4.32. The van der Waals surface area contributed by atoms with E-state index in [-0.39, 0.29) is 17.1 Å². The molecule has 6 rings (SSSR count). The van der Waals surface area contributed by atoms with Gasteiger partial charge in [0.2, 0.25) is 17.7 Å². The van der Waals surface area contributed by atoms with Crippen molar-refractivity contribution in [1.29, 1.82) is 0 Å². The molecule has 9 nitrogen and oxygen atoms in total. The number of rotatable bonds is 4. The van der Waals surface area contributed by atoms with Crippen molar-refractivity contribution in [1.82, 2.24) is 4.90 Å². The molecule has 40 heavy (non-hydrogen) atoms. The number of benzene rings is 3. The third kappa shape index (κ3) is 3.91. The highest BCUT2D eigenvalue weighted by molar-refractivity contribution is 6.24. The molecule has 2 fully saturated rings. The van der Waals surface area contributed by atoms with Crippen molar-refractivity contribution in [3.63, 3.8) is 0 Å². The summed E-state index contributed by atoms with van der Waals surface area (Å²) in [6.45, 7) is 0. The Labute approximate surface area is 224 Å². The lowest BCUT2D eigenvalue weighted by atomic mass is 9.84. The van der Waals surface area contributed by atoms with Gasteiger partial charge in [-0.05, 0) is 41.5 Å². The van der Waals surface area contributed by atoms with E-state index in [1.54, 1.807) is 35.4 Å². The van der Waals surface area contributed by atoms with E-state index in [4.69, 9.17) is 0 Å². The number of amides is 3. The van der Waals surface area contributed by atoms with E-state index < -0.39 is 58.3 Å². The fraction of sp³-hybridized carbons (Fsp3) is 0.179. The minimum atomic E-state index is -4.63. The highest BCUT2D eigenvalue weighted by atomic mass is 19.4. The Morgan fingerprint density at radius 1 is 0.925 bits per heavy atom. The average molecular weight is 548 g/mol. The third-order valence-corrected chi connectivity index (χ3v) is 7.49. The number of nitrogens with zero attached hydrogens (tertiary/aromatic N) is 3. The topological polar surface area (TPSA) is 113 Å². The Morgan fingerprint density at radius 2 is 1.65 bits per heavy atom. The van der Waals surface area contributed by atoms with E-state index in [0.29, 0.717) is 5.56 Å². The van der Waals surface area contributed by atoms with E-state index in [2.05, 4.69) is 5.32 Å². The van der Waals surface area contributed by atoms with E-state index >= 15 is 0 Å². The molecule has 0 bridgehead atoms. The molecule has 0 radical (unpaired) electrons. The fourth-order valence-electron chi connectivity index (χ4n) is 5.85. The van der Waals surface area contributed by atoms with Gasteiger partial charge in [-0.25, -0.2) is 4.90 Å². The van der Waals surface area contributed by atoms with Crippen molar-refractivity contribution in [2.24, 2.45) is 11.8 Å². The minimum Gasteiger partial charge on any atom is -0.357 e. The number of carbonyl (C=O) groups excluding carboxylic acids is 3. The molecule has 3 heterocycles. The van der Waals surface area contributed by atoms with Gasteiger partial charge in [0, 0.05) is 24.0 Å². The molecule has 3 aromatic rings. The Hall–Kier alpha value is -5.00. The third-order valence-electron chi connectivity index (χ3n) is 7.49. The number of non-ortho nitro benzene ring substituents is 1. The molecule has 4 atom stereocenters. The van der Waals surface area contributed by atoms with Gasteiger partial charge in [0.1, 0.15) is 6.04 Å². The number of nitro groups is 1. The van der Waals surface area contributed by atoms with Crippen LogP contribution in [0, 0.1) is 22.0 Å². The summed E-state index contributed by atoms with van der Waals surface area (Å²) < 4.78 is 39.8. The highest BCUT2D eigenvalue weighted by Gasteiger charge is 2.64. The minimum absolute atomic E-state index is 0.00169. The molecule has 2 saturated heterocycles. The van der Waals surface area contributed by atoms with Crippen LogP contribution in [0.2, 0.25) is 0 Å². The Bertz CT molecular complexity index is 1620. The molecule has 0 aliphatic carbocycles. The summed E-state index contributed by atoms with van der Waals surface area (Å²) in [4.78, 5) is 54.5. The number of hydrogen-bond donors (Lipinski definition) is 1. The number of carbonyl (C=O) groups is 3. The molecule has 3 aliphatic heterocycles. The summed E-state index contributed by atoms with van der Waals surface area (Å²) >= 11 is 0. The van der Waals surface area contributed by atoms with Gasteiger partial charge in [-0.1, -0.05) is 36.4 Å². The van der Waals surface area contributed by atoms with Crippen LogP contribution in [0.1, 0.15) is 22.7 Å². The first kappa shape index (κ1) is 25.3. The molecule has 0 saturated carbocycles. The first-order chi connectivity index (χ1) is 19.1. The van der Waals surface area contributed by atoms with Crippen molar-refractivity contribution >= 4 is 40.9 Å². The molecule has 3 amide bonds. The van der Waals surface area contributed by atoms with Crippen LogP contribution in [-0.2, 0) is 20.6 Å². The molecule has 0 spiro atoms. The van der Waals surface area contributed by atoms with Crippen molar-refractivity contribution in [3.05, 3.63) is 106 Å². The Morgan fingerprint density at radius 3 is 2.40 bits per heavy atom. The van der Waals surface area contributed by atoms with Crippen LogP contribution in [0.3, 0.4) is 0 Å². The second-order valence-corrected chi connectivity index (χ2v) is 9.69. The van der Waals surface area contributed by atoms with Gasteiger partial charge in [-0.2, -0.15) is 13.2 Å². The summed E-state index contributed by atoms with van der Waals surface area (Å²) in [6, 6.07) is 14.4. The molecule has 202 valence electrons. The SMILES string of the molecule is O=C(Nc1cccc(C(F)(F)F)c1)[C@@H]1[C@@H]2C(=O)N(c3cccc([N+](=O)[O-])c3)C(=O)[C@@H]2[C@H]2c3ccccc3C=CN12. The van der Waals surface area contributed by atoms with Gasteiger partial charge < -0.3 is 10.2 Å². The number of anilines is 2.